The monoisotopic (exact) mass is 464 g/mol. The van der Waals surface area contributed by atoms with Gasteiger partial charge in [0.2, 0.25) is 0 Å². The number of hydrogen-bond donors (Lipinski definition) is 2. The molecule has 1 aliphatic heterocycles. The predicted molar refractivity (Wildman–Crippen MR) is 134 cm³/mol. The van der Waals surface area contributed by atoms with Crippen molar-refractivity contribution >= 4 is 34.8 Å². The summed E-state index contributed by atoms with van der Waals surface area (Å²) in [7, 11) is 0. The first-order valence-electron chi connectivity index (χ1n) is 11.7. The summed E-state index contributed by atoms with van der Waals surface area (Å²) in [5, 5.41) is 12.8. The van der Waals surface area contributed by atoms with Gasteiger partial charge in [0, 0.05) is 41.2 Å². The number of carboxylic acids is 1. The number of anilines is 1. The summed E-state index contributed by atoms with van der Waals surface area (Å²) in [4.78, 5) is 25.0. The third-order valence-corrected chi connectivity index (χ3v) is 7.03. The molecule has 2 aromatic carbocycles. The second kappa shape index (κ2) is 8.20. The van der Waals surface area contributed by atoms with Gasteiger partial charge < -0.3 is 15.6 Å². The molecule has 0 fully saturated rings. The van der Waals surface area contributed by atoms with E-state index in [1.807, 2.05) is 31.3 Å². The molecule has 3 heterocycles. The molecule has 1 aliphatic carbocycles. The van der Waals surface area contributed by atoms with Crippen LogP contribution in [0.1, 0.15) is 34.6 Å². The van der Waals surface area contributed by atoms with Gasteiger partial charge in [0.25, 0.3) is 0 Å². The van der Waals surface area contributed by atoms with Gasteiger partial charge in [0.1, 0.15) is 17.9 Å². The highest BCUT2D eigenvalue weighted by Crippen LogP contribution is 2.38. The molecule has 2 aromatic heterocycles. The lowest BCUT2D eigenvalue weighted by Crippen LogP contribution is -2.33. The van der Waals surface area contributed by atoms with E-state index < -0.39 is 5.97 Å². The number of ether oxygens (including phenoxy) is 1. The van der Waals surface area contributed by atoms with Crippen molar-refractivity contribution in [1.82, 2.24) is 15.0 Å². The normalized spacial score (nSPS) is 16.1. The van der Waals surface area contributed by atoms with Crippen LogP contribution >= 0.6 is 0 Å². The zero-order valence-corrected chi connectivity index (χ0v) is 19.3. The Labute approximate surface area is 201 Å². The lowest BCUT2D eigenvalue weighted by Gasteiger charge is -2.22. The number of aromatic nitrogens is 3. The Balaban J connectivity index is 1.65. The van der Waals surface area contributed by atoms with Crippen molar-refractivity contribution in [3.05, 3.63) is 75.7 Å². The van der Waals surface area contributed by atoms with Crippen molar-refractivity contribution in [3.8, 4) is 16.9 Å². The molecule has 0 bridgehead atoms. The summed E-state index contributed by atoms with van der Waals surface area (Å²) in [6.07, 6.45) is 10.9. The Morgan fingerprint density at radius 2 is 2.14 bits per heavy atom. The van der Waals surface area contributed by atoms with Crippen molar-refractivity contribution < 1.29 is 14.6 Å². The van der Waals surface area contributed by atoms with E-state index in [-0.39, 0.29) is 12.3 Å². The number of carboxylic acid groups (broad SMARTS) is 1. The summed E-state index contributed by atoms with van der Waals surface area (Å²) in [6, 6.07) is 8.11. The maximum absolute atomic E-state index is 11.9. The molecule has 4 aromatic rings. The number of aryl methyl sites for hydroxylation is 1. The molecule has 1 unspecified atom stereocenters. The number of hydrogen-bond acceptors (Lipinski definition) is 6. The van der Waals surface area contributed by atoms with Crippen LogP contribution in [0.5, 0.6) is 5.75 Å². The number of nitrogens with zero attached hydrogens (tertiary/aromatic N) is 3. The molecule has 6 rings (SSSR count). The van der Waals surface area contributed by atoms with E-state index in [2.05, 4.69) is 28.2 Å². The Morgan fingerprint density at radius 3 is 2.97 bits per heavy atom. The minimum atomic E-state index is -0.861. The number of aliphatic carboxylic acids is 1. The zero-order chi connectivity index (χ0) is 24.1. The molecular formula is C28H24N4O3. The lowest BCUT2D eigenvalue weighted by atomic mass is 9.84. The van der Waals surface area contributed by atoms with Crippen molar-refractivity contribution in [2.75, 3.05) is 12.3 Å². The fraction of sp³-hybridized carbons (Fsp3) is 0.214. The highest BCUT2D eigenvalue weighted by atomic mass is 16.5. The van der Waals surface area contributed by atoms with Crippen molar-refractivity contribution in [2.45, 2.75) is 32.1 Å². The van der Waals surface area contributed by atoms with Gasteiger partial charge >= 0.3 is 5.97 Å². The molecule has 35 heavy (non-hydrogen) atoms. The highest BCUT2D eigenvalue weighted by Gasteiger charge is 2.23. The first-order valence-corrected chi connectivity index (χ1v) is 11.7. The van der Waals surface area contributed by atoms with Crippen LogP contribution in [0.25, 0.3) is 34.2 Å². The third-order valence-electron chi connectivity index (χ3n) is 7.03. The van der Waals surface area contributed by atoms with E-state index in [1.54, 1.807) is 6.20 Å². The summed E-state index contributed by atoms with van der Waals surface area (Å²) in [5.74, 6) is 0.490. The molecule has 7 nitrogen and oxygen atoms in total. The Bertz CT molecular complexity index is 1630. The molecule has 0 spiro atoms. The van der Waals surface area contributed by atoms with E-state index in [1.165, 1.54) is 11.9 Å². The number of rotatable bonds is 4. The van der Waals surface area contributed by atoms with E-state index in [0.717, 1.165) is 61.3 Å². The number of nitrogens with two attached hydrogens (primary N) is 1. The zero-order valence-electron chi connectivity index (χ0n) is 19.3. The van der Waals surface area contributed by atoms with Gasteiger partial charge in [-0.25, -0.2) is 9.97 Å². The second-order valence-electron chi connectivity index (χ2n) is 9.10. The molecule has 0 amide bonds. The number of pyridine rings is 1. The van der Waals surface area contributed by atoms with Crippen LogP contribution in [0.2, 0.25) is 0 Å². The Morgan fingerprint density at radius 1 is 1.26 bits per heavy atom. The molecule has 0 saturated carbocycles. The molecule has 7 heteroatoms. The van der Waals surface area contributed by atoms with Gasteiger partial charge in [0.15, 0.2) is 0 Å². The summed E-state index contributed by atoms with van der Waals surface area (Å²) >= 11 is 0. The summed E-state index contributed by atoms with van der Waals surface area (Å²) in [5.41, 5.74) is 12.7. The minimum absolute atomic E-state index is 0.0455. The van der Waals surface area contributed by atoms with Crippen molar-refractivity contribution in [2.24, 2.45) is 0 Å². The minimum Gasteiger partial charge on any atom is -0.493 e. The smallest absolute Gasteiger partial charge is 0.307 e. The van der Waals surface area contributed by atoms with Gasteiger partial charge in [0.05, 0.1) is 18.5 Å². The first-order chi connectivity index (χ1) is 17.0. The van der Waals surface area contributed by atoms with Gasteiger partial charge in [-0.3, -0.25) is 9.78 Å². The van der Waals surface area contributed by atoms with Crippen LogP contribution in [0.3, 0.4) is 0 Å². The van der Waals surface area contributed by atoms with Gasteiger partial charge in [-0.15, -0.1) is 0 Å². The average Bonchev–Trinajstić information content (AvgIpc) is 2.85. The molecule has 0 saturated heterocycles. The van der Waals surface area contributed by atoms with E-state index in [0.29, 0.717) is 18.8 Å². The van der Waals surface area contributed by atoms with Crippen molar-refractivity contribution in [3.63, 3.8) is 0 Å². The van der Waals surface area contributed by atoms with Crippen LogP contribution in [-0.2, 0) is 17.6 Å². The summed E-state index contributed by atoms with van der Waals surface area (Å²) in [6.45, 7) is 2.62. The molecule has 0 radical (unpaired) electrons. The molecule has 1 atom stereocenters. The predicted octanol–water partition coefficient (Wildman–Crippen LogP) is 2.89. The second-order valence-corrected chi connectivity index (χ2v) is 9.10. The summed E-state index contributed by atoms with van der Waals surface area (Å²) < 4.78 is 5.92. The fourth-order valence-electron chi connectivity index (χ4n) is 5.43. The third kappa shape index (κ3) is 3.51. The number of benzene rings is 2. The van der Waals surface area contributed by atoms with Crippen molar-refractivity contribution in [1.29, 1.82) is 0 Å². The highest BCUT2D eigenvalue weighted by molar-refractivity contribution is 6.01. The van der Waals surface area contributed by atoms with E-state index in [9.17, 15) is 9.90 Å². The van der Waals surface area contributed by atoms with Crippen LogP contribution < -0.4 is 20.9 Å². The Kier molecular flexibility index (Phi) is 4.99. The van der Waals surface area contributed by atoms with Crippen LogP contribution in [0.15, 0.2) is 43.0 Å². The first kappa shape index (κ1) is 21.3. The average molecular weight is 465 g/mol. The van der Waals surface area contributed by atoms with Crippen LogP contribution in [-0.4, -0.2) is 32.6 Å². The number of nitrogen functional groups attached to an aromatic ring is 1. The van der Waals surface area contributed by atoms with Crippen LogP contribution in [0.4, 0.5) is 5.82 Å². The van der Waals surface area contributed by atoms with Gasteiger partial charge in [-0.05, 0) is 64.2 Å². The number of fused-ring (bicyclic) bond motifs is 1. The van der Waals surface area contributed by atoms with Crippen LogP contribution in [0, 0.1) is 6.92 Å². The largest absolute Gasteiger partial charge is 0.493 e. The number of carbonyl (C=O) groups is 1. The lowest BCUT2D eigenvalue weighted by molar-refractivity contribution is -0.136. The molecule has 174 valence electrons. The maximum atomic E-state index is 11.9. The topological polar surface area (TPSA) is 111 Å². The molecule has 3 N–H and O–H groups in total. The standard InChI is InChI=1S/C28H24N4O3/c1-15-10-18-11-17(22-13-30-14-32-28(22)29)2-3-19(18)26(21(15)12-24(33)34)20-4-5-23-25-16(7-9-35-23)6-8-31-27(20)25/h3-6,8,10-11,13-14,17H,2,7,9,12H2,1H3,(H,33,34)(H2,29,30,32). The quantitative estimate of drug-likeness (QED) is 0.478. The molecular weight excluding hydrogens is 440 g/mol. The maximum Gasteiger partial charge on any atom is 0.307 e. The van der Waals surface area contributed by atoms with E-state index >= 15 is 0 Å². The Hall–Kier alpha value is -4.26. The van der Waals surface area contributed by atoms with Gasteiger partial charge in [-0.1, -0.05) is 18.2 Å². The van der Waals surface area contributed by atoms with Gasteiger partial charge in [-0.2, -0.15) is 0 Å². The SMILES string of the molecule is Cc1cc2c(c(-c3ccc4c5c(ccnc35)CCO4)c1CC(=O)O)=CCC(c1cncnc1N)C=2. The molecule has 2 aliphatic rings. The van der Waals surface area contributed by atoms with E-state index in [4.69, 9.17) is 15.5 Å². The fourth-order valence-corrected chi connectivity index (χ4v) is 5.43.